The molecule has 0 radical (unpaired) electrons. The van der Waals surface area contributed by atoms with E-state index < -0.39 is 5.97 Å². The zero-order valence-electron chi connectivity index (χ0n) is 10.1. The van der Waals surface area contributed by atoms with Gasteiger partial charge in [0, 0.05) is 6.42 Å². The van der Waals surface area contributed by atoms with E-state index in [1.54, 1.807) is 0 Å². The van der Waals surface area contributed by atoms with E-state index in [-0.39, 0.29) is 6.42 Å². The van der Waals surface area contributed by atoms with Crippen molar-refractivity contribution < 1.29 is 9.90 Å². The van der Waals surface area contributed by atoms with Gasteiger partial charge in [-0.3, -0.25) is 4.79 Å². The maximum atomic E-state index is 10.5. The van der Waals surface area contributed by atoms with Crippen molar-refractivity contribution in [3.63, 3.8) is 0 Å². The Morgan fingerprint density at radius 3 is 2.33 bits per heavy atom. The minimum atomic E-state index is -0.689. The number of hydrogen-bond donors (Lipinski definition) is 1. The van der Waals surface area contributed by atoms with E-state index in [1.807, 2.05) is 0 Å². The summed E-state index contributed by atoms with van der Waals surface area (Å²) in [6, 6.07) is 0. The minimum absolute atomic E-state index is 0.277. The zero-order chi connectivity index (χ0) is 11.5. The van der Waals surface area contributed by atoms with Crippen LogP contribution in [0.4, 0.5) is 0 Å². The Kier molecular flexibility index (Phi) is 9.24. The normalized spacial score (nSPS) is 11.7. The maximum absolute atomic E-state index is 10.5. The Balaban J connectivity index is 3.74. The number of carboxylic acid groups (broad SMARTS) is 1. The lowest BCUT2D eigenvalue weighted by Crippen LogP contribution is -1.96. The average molecular weight is 212 g/mol. The van der Waals surface area contributed by atoms with Crippen molar-refractivity contribution in [2.24, 2.45) is 0 Å². The molecule has 15 heavy (non-hydrogen) atoms. The molecule has 1 N–H and O–H groups in total. The molecular formula is C13H24O2. The standard InChI is InChI=1S/C13H24O2/c1-3-5-6-7-9-12(8-4-2)10-11-13(14)15/h8H,3-7,9-11H2,1-2H3,(H,14,15). The number of allylic oxidation sites excluding steroid dienone is 2. The lowest BCUT2D eigenvalue weighted by molar-refractivity contribution is -0.136. The molecule has 0 unspecified atom stereocenters. The first-order chi connectivity index (χ1) is 7.20. The highest BCUT2D eigenvalue weighted by molar-refractivity contribution is 5.67. The van der Waals surface area contributed by atoms with Gasteiger partial charge in [-0.05, 0) is 25.7 Å². The third-order valence-corrected chi connectivity index (χ3v) is 2.50. The van der Waals surface area contributed by atoms with Gasteiger partial charge in [-0.25, -0.2) is 0 Å². The fourth-order valence-electron chi connectivity index (χ4n) is 1.66. The van der Waals surface area contributed by atoms with Gasteiger partial charge in [-0.15, -0.1) is 0 Å². The summed E-state index contributed by atoms with van der Waals surface area (Å²) in [6.07, 6.45) is 10.3. The van der Waals surface area contributed by atoms with Crippen LogP contribution in [-0.4, -0.2) is 11.1 Å². The predicted molar refractivity (Wildman–Crippen MR) is 64.0 cm³/mol. The van der Waals surface area contributed by atoms with E-state index in [9.17, 15) is 4.79 Å². The molecule has 0 aliphatic heterocycles. The number of unbranched alkanes of at least 4 members (excludes halogenated alkanes) is 3. The van der Waals surface area contributed by atoms with E-state index in [0.717, 1.165) is 19.3 Å². The Morgan fingerprint density at radius 1 is 1.07 bits per heavy atom. The second kappa shape index (κ2) is 9.75. The molecule has 0 aromatic carbocycles. The SMILES string of the molecule is CCC=C(CCCCCC)CCC(=O)O. The monoisotopic (exact) mass is 212 g/mol. The topological polar surface area (TPSA) is 37.3 Å². The van der Waals surface area contributed by atoms with Crippen molar-refractivity contribution in [3.05, 3.63) is 11.6 Å². The summed E-state index contributed by atoms with van der Waals surface area (Å²) in [5.74, 6) is -0.689. The quantitative estimate of drug-likeness (QED) is 0.460. The third-order valence-electron chi connectivity index (χ3n) is 2.50. The van der Waals surface area contributed by atoms with Gasteiger partial charge < -0.3 is 5.11 Å². The Labute approximate surface area is 93.4 Å². The molecule has 0 rings (SSSR count). The largest absolute Gasteiger partial charge is 0.481 e. The van der Waals surface area contributed by atoms with Crippen molar-refractivity contribution in [3.8, 4) is 0 Å². The molecule has 0 bridgehead atoms. The fraction of sp³-hybridized carbons (Fsp3) is 0.769. The van der Waals surface area contributed by atoms with Gasteiger partial charge in [0.2, 0.25) is 0 Å². The van der Waals surface area contributed by atoms with Crippen LogP contribution in [0.1, 0.15) is 65.2 Å². The van der Waals surface area contributed by atoms with Gasteiger partial charge in [0.25, 0.3) is 0 Å². The van der Waals surface area contributed by atoms with E-state index in [1.165, 1.54) is 31.3 Å². The van der Waals surface area contributed by atoms with Crippen molar-refractivity contribution in [2.45, 2.75) is 65.2 Å². The number of rotatable bonds is 9. The van der Waals surface area contributed by atoms with Crippen LogP contribution in [0.2, 0.25) is 0 Å². The van der Waals surface area contributed by atoms with Crippen molar-refractivity contribution in [1.82, 2.24) is 0 Å². The fourth-order valence-corrected chi connectivity index (χ4v) is 1.66. The molecule has 0 fully saturated rings. The number of carboxylic acids is 1. The summed E-state index contributed by atoms with van der Waals surface area (Å²) in [5, 5.41) is 8.61. The number of hydrogen-bond acceptors (Lipinski definition) is 1. The summed E-state index contributed by atoms with van der Waals surface area (Å²) in [4.78, 5) is 10.5. The van der Waals surface area contributed by atoms with Crippen molar-refractivity contribution in [2.75, 3.05) is 0 Å². The smallest absolute Gasteiger partial charge is 0.303 e. The first-order valence-electron chi connectivity index (χ1n) is 6.10. The summed E-state index contributed by atoms with van der Waals surface area (Å²) >= 11 is 0. The van der Waals surface area contributed by atoms with Crippen LogP contribution >= 0.6 is 0 Å². The molecule has 2 nitrogen and oxygen atoms in total. The molecule has 0 amide bonds. The van der Waals surface area contributed by atoms with Crippen LogP contribution in [0.15, 0.2) is 11.6 Å². The second-order valence-electron chi connectivity index (χ2n) is 3.98. The minimum Gasteiger partial charge on any atom is -0.481 e. The molecule has 0 heterocycles. The molecule has 0 atom stereocenters. The highest BCUT2D eigenvalue weighted by Gasteiger charge is 2.01. The van der Waals surface area contributed by atoms with Crippen LogP contribution in [-0.2, 0) is 4.79 Å². The van der Waals surface area contributed by atoms with Gasteiger partial charge in [0.05, 0.1) is 0 Å². The summed E-state index contributed by atoms with van der Waals surface area (Å²) in [7, 11) is 0. The van der Waals surface area contributed by atoms with Crippen LogP contribution in [0.3, 0.4) is 0 Å². The first-order valence-corrected chi connectivity index (χ1v) is 6.10. The summed E-state index contributed by atoms with van der Waals surface area (Å²) in [5.41, 5.74) is 1.33. The van der Waals surface area contributed by atoms with Crippen LogP contribution < -0.4 is 0 Å². The Morgan fingerprint density at radius 2 is 1.80 bits per heavy atom. The molecule has 0 saturated carbocycles. The van der Waals surface area contributed by atoms with E-state index in [0.29, 0.717) is 0 Å². The lowest BCUT2D eigenvalue weighted by Gasteiger charge is -2.05. The number of carbonyl (C=O) groups is 1. The van der Waals surface area contributed by atoms with Gasteiger partial charge in [-0.1, -0.05) is 44.8 Å². The second-order valence-corrected chi connectivity index (χ2v) is 3.98. The lowest BCUT2D eigenvalue weighted by atomic mass is 10.0. The summed E-state index contributed by atoms with van der Waals surface area (Å²) in [6.45, 7) is 4.31. The molecule has 88 valence electrons. The van der Waals surface area contributed by atoms with E-state index >= 15 is 0 Å². The average Bonchev–Trinajstić information content (AvgIpc) is 2.20. The van der Waals surface area contributed by atoms with E-state index in [2.05, 4.69) is 19.9 Å². The molecule has 0 aromatic rings. The van der Waals surface area contributed by atoms with Crippen molar-refractivity contribution in [1.29, 1.82) is 0 Å². The molecule has 0 aliphatic rings. The molecule has 0 spiro atoms. The van der Waals surface area contributed by atoms with Crippen molar-refractivity contribution >= 4 is 5.97 Å². The molecule has 2 heteroatoms. The van der Waals surface area contributed by atoms with Gasteiger partial charge in [0.15, 0.2) is 0 Å². The Bertz CT molecular complexity index is 195. The third kappa shape index (κ3) is 9.51. The molecule has 0 saturated heterocycles. The van der Waals surface area contributed by atoms with Crippen LogP contribution in [0.5, 0.6) is 0 Å². The maximum Gasteiger partial charge on any atom is 0.303 e. The van der Waals surface area contributed by atoms with Gasteiger partial charge in [0.1, 0.15) is 0 Å². The predicted octanol–water partition coefficient (Wildman–Crippen LogP) is 4.16. The van der Waals surface area contributed by atoms with Crippen LogP contribution in [0.25, 0.3) is 0 Å². The Hall–Kier alpha value is -0.790. The van der Waals surface area contributed by atoms with E-state index in [4.69, 9.17) is 5.11 Å². The zero-order valence-corrected chi connectivity index (χ0v) is 10.1. The van der Waals surface area contributed by atoms with Gasteiger partial charge in [-0.2, -0.15) is 0 Å². The summed E-state index contributed by atoms with van der Waals surface area (Å²) < 4.78 is 0. The number of aliphatic carboxylic acids is 1. The first kappa shape index (κ1) is 14.2. The highest BCUT2D eigenvalue weighted by Crippen LogP contribution is 2.15. The highest BCUT2D eigenvalue weighted by atomic mass is 16.4. The molecule has 0 aliphatic carbocycles. The van der Waals surface area contributed by atoms with Crippen LogP contribution in [0, 0.1) is 0 Å². The molecule has 0 aromatic heterocycles. The molecular weight excluding hydrogens is 188 g/mol. The van der Waals surface area contributed by atoms with Gasteiger partial charge >= 0.3 is 5.97 Å².